The summed E-state index contributed by atoms with van der Waals surface area (Å²) < 4.78 is 5.93. The Morgan fingerprint density at radius 1 is 1.17 bits per heavy atom. The Morgan fingerprint density at radius 3 is 2.57 bits per heavy atom. The van der Waals surface area contributed by atoms with Crippen molar-refractivity contribution < 1.29 is 14.3 Å². The molecule has 1 amide bonds. The van der Waals surface area contributed by atoms with Crippen molar-refractivity contribution in [1.82, 2.24) is 4.90 Å². The van der Waals surface area contributed by atoms with Crippen LogP contribution in [0.25, 0.3) is 0 Å². The number of ketones is 1. The molecule has 1 aliphatic heterocycles. The summed E-state index contributed by atoms with van der Waals surface area (Å²) in [5.74, 6) is -0.119. The molecule has 120 valence electrons. The minimum Gasteiger partial charge on any atom is -0.347 e. The van der Waals surface area contributed by atoms with E-state index in [1.54, 1.807) is 24.1 Å². The normalized spacial score (nSPS) is 22.8. The van der Waals surface area contributed by atoms with Gasteiger partial charge in [-0.25, -0.2) is 0 Å². The third-order valence-corrected chi connectivity index (χ3v) is 4.55. The summed E-state index contributed by atoms with van der Waals surface area (Å²) in [5.41, 5.74) is 0.402. The number of allylic oxidation sites excluding steroid dienone is 2. The van der Waals surface area contributed by atoms with Crippen LogP contribution in [0, 0.1) is 5.92 Å². The van der Waals surface area contributed by atoms with E-state index in [2.05, 4.69) is 12.1 Å². The summed E-state index contributed by atoms with van der Waals surface area (Å²) >= 11 is 0. The Labute approximate surface area is 136 Å². The molecule has 1 atom stereocenters. The number of ether oxygens (including phenoxy) is 1. The third kappa shape index (κ3) is 3.27. The van der Waals surface area contributed by atoms with E-state index < -0.39 is 5.72 Å². The van der Waals surface area contributed by atoms with Gasteiger partial charge >= 0.3 is 0 Å². The van der Waals surface area contributed by atoms with Crippen LogP contribution in [0.5, 0.6) is 0 Å². The van der Waals surface area contributed by atoms with E-state index >= 15 is 0 Å². The Balaban J connectivity index is 1.58. The van der Waals surface area contributed by atoms with Crippen molar-refractivity contribution in [1.29, 1.82) is 0 Å². The predicted octanol–water partition coefficient (Wildman–Crippen LogP) is 2.51. The zero-order chi connectivity index (χ0) is 16.3. The van der Waals surface area contributed by atoms with Gasteiger partial charge in [0.1, 0.15) is 0 Å². The summed E-state index contributed by atoms with van der Waals surface area (Å²) in [6.45, 7) is 0.390. The highest BCUT2D eigenvalue weighted by atomic mass is 16.5. The maximum Gasteiger partial charge on any atom is 0.230 e. The predicted molar refractivity (Wildman–Crippen MR) is 87.6 cm³/mol. The average molecular weight is 311 g/mol. The monoisotopic (exact) mass is 311 g/mol. The number of aryl methyl sites for hydroxylation is 1. The van der Waals surface area contributed by atoms with Crippen LogP contribution in [0.4, 0.5) is 0 Å². The fraction of sp³-hybridized carbons (Fsp3) is 0.368. The average Bonchev–Trinajstić information content (AvgIpc) is 2.58. The van der Waals surface area contributed by atoms with Gasteiger partial charge in [0, 0.05) is 7.05 Å². The summed E-state index contributed by atoms with van der Waals surface area (Å²) in [7, 11) is 1.73. The summed E-state index contributed by atoms with van der Waals surface area (Å²) in [6, 6.07) is 10.3. The van der Waals surface area contributed by atoms with Crippen molar-refractivity contribution >= 4 is 11.7 Å². The van der Waals surface area contributed by atoms with Gasteiger partial charge in [0.15, 0.2) is 11.5 Å². The second-order valence-corrected chi connectivity index (χ2v) is 6.10. The molecule has 1 heterocycles. The minimum atomic E-state index is -0.888. The summed E-state index contributed by atoms with van der Waals surface area (Å²) in [4.78, 5) is 25.5. The fourth-order valence-electron chi connectivity index (χ4n) is 3.09. The van der Waals surface area contributed by atoms with E-state index in [1.165, 1.54) is 17.7 Å². The minimum absolute atomic E-state index is 0.0768. The number of nitrogens with zero attached hydrogens (tertiary/aromatic N) is 1. The van der Waals surface area contributed by atoms with Crippen LogP contribution in [0.15, 0.2) is 54.6 Å². The molecule has 1 aromatic rings. The lowest BCUT2D eigenvalue weighted by molar-refractivity contribution is -0.176. The molecule has 4 nitrogen and oxygen atoms in total. The van der Waals surface area contributed by atoms with Gasteiger partial charge in [-0.2, -0.15) is 0 Å². The quantitative estimate of drug-likeness (QED) is 0.858. The fourth-order valence-corrected chi connectivity index (χ4v) is 3.09. The van der Waals surface area contributed by atoms with Crippen LogP contribution in [-0.2, 0) is 20.7 Å². The standard InChI is InChI=1S/C19H21NO3/c1-20-18(22)16(9-5-8-15-6-3-2-4-7-15)14-23-19(20)12-10-17(21)11-13-19/h2-4,6-7,10-13,16H,5,8-9,14H2,1H3. The summed E-state index contributed by atoms with van der Waals surface area (Å²) in [6.07, 6.45) is 8.96. The van der Waals surface area contributed by atoms with Gasteiger partial charge < -0.3 is 9.64 Å². The van der Waals surface area contributed by atoms with Crippen molar-refractivity contribution in [2.45, 2.75) is 25.0 Å². The number of benzene rings is 1. The van der Waals surface area contributed by atoms with Gasteiger partial charge in [0.25, 0.3) is 0 Å². The molecule has 1 spiro atoms. The molecule has 3 rings (SSSR count). The largest absolute Gasteiger partial charge is 0.347 e. The number of amides is 1. The molecule has 0 bridgehead atoms. The molecule has 0 aromatic heterocycles. The molecule has 4 heteroatoms. The number of rotatable bonds is 4. The molecule has 23 heavy (non-hydrogen) atoms. The zero-order valence-corrected chi connectivity index (χ0v) is 13.3. The van der Waals surface area contributed by atoms with Crippen molar-refractivity contribution in [2.24, 2.45) is 5.92 Å². The maximum absolute atomic E-state index is 12.6. The second-order valence-electron chi connectivity index (χ2n) is 6.10. The number of hydrogen-bond acceptors (Lipinski definition) is 3. The maximum atomic E-state index is 12.6. The molecular formula is C19H21NO3. The van der Waals surface area contributed by atoms with E-state index in [-0.39, 0.29) is 17.6 Å². The molecule has 2 aliphatic rings. The van der Waals surface area contributed by atoms with Crippen LogP contribution in [-0.4, -0.2) is 36.0 Å². The van der Waals surface area contributed by atoms with Gasteiger partial charge in [-0.3, -0.25) is 9.59 Å². The molecule has 0 radical (unpaired) electrons. The lowest BCUT2D eigenvalue weighted by Gasteiger charge is -2.44. The Hall–Kier alpha value is -2.20. The van der Waals surface area contributed by atoms with E-state index in [4.69, 9.17) is 4.74 Å². The Morgan fingerprint density at radius 2 is 1.87 bits per heavy atom. The van der Waals surface area contributed by atoms with Crippen molar-refractivity contribution in [3.63, 3.8) is 0 Å². The van der Waals surface area contributed by atoms with Crippen molar-refractivity contribution in [2.75, 3.05) is 13.7 Å². The number of likely N-dealkylation sites (N-methyl/N-ethyl adjacent to an activating group) is 1. The van der Waals surface area contributed by atoms with Gasteiger partial charge in [0.05, 0.1) is 12.5 Å². The van der Waals surface area contributed by atoms with E-state index in [0.717, 1.165) is 19.3 Å². The van der Waals surface area contributed by atoms with Crippen LogP contribution in [0.3, 0.4) is 0 Å². The van der Waals surface area contributed by atoms with Gasteiger partial charge in [-0.15, -0.1) is 0 Å². The molecule has 1 saturated heterocycles. The van der Waals surface area contributed by atoms with Gasteiger partial charge in [-0.1, -0.05) is 30.3 Å². The molecule has 0 N–H and O–H groups in total. The number of carbonyl (C=O) groups is 2. The topological polar surface area (TPSA) is 46.6 Å². The Kier molecular flexibility index (Phi) is 4.44. The van der Waals surface area contributed by atoms with Crippen LogP contribution in [0.2, 0.25) is 0 Å². The zero-order valence-electron chi connectivity index (χ0n) is 13.3. The highest BCUT2D eigenvalue weighted by molar-refractivity contribution is 6.00. The highest BCUT2D eigenvalue weighted by Crippen LogP contribution is 2.31. The van der Waals surface area contributed by atoms with Gasteiger partial charge in [-0.05, 0) is 49.1 Å². The Bertz CT molecular complexity index is 632. The summed E-state index contributed by atoms with van der Waals surface area (Å²) in [5, 5.41) is 0. The first-order valence-corrected chi connectivity index (χ1v) is 7.99. The molecule has 1 aliphatic carbocycles. The van der Waals surface area contributed by atoms with Crippen LogP contribution >= 0.6 is 0 Å². The lowest BCUT2D eigenvalue weighted by Crippen LogP contribution is -2.57. The highest BCUT2D eigenvalue weighted by Gasteiger charge is 2.43. The van der Waals surface area contributed by atoms with Crippen LogP contribution < -0.4 is 0 Å². The first-order valence-electron chi connectivity index (χ1n) is 7.99. The molecule has 1 aromatic carbocycles. The first kappa shape index (κ1) is 15.7. The molecule has 1 fully saturated rings. The first-order chi connectivity index (χ1) is 11.1. The van der Waals surface area contributed by atoms with E-state index in [0.29, 0.717) is 6.61 Å². The van der Waals surface area contributed by atoms with E-state index in [9.17, 15) is 9.59 Å². The third-order valence-electron chi connectivity index (χ3n) is 4.55. The SMILES string of the molecule is CN1C(=O)C(CCCc2ccccc2)COC12C=CC(=O)C=C2. The molecule has 1 unspecified atom stereocenters. The number of carbonyl (C=O) groups excluding carboxylic acids is 2. The molecular weight excluding hydrogens is 290 g/mol. The van der Waals surface area contributed by atoms with Crippen molar-refractivity contribution in [3.8, 4) is 0 Å². The second kappa shape index (κ2) is 6.50. The van der Waals surface area contributed by atoms with E-state index in [1.807, 2.05) is 18.2 Å². The molecule has 0 saturated carbocycles. The number of hydrogen-bond donors (Lipinski definition) is 0. The van der Waals surface area contributed by atoms with Crippen molar-refractivity contribution in [3.05, 3.63) is 60.2 Å². The van der Waals surface area contributed by atoms with Crippen LogP contribution in [0.1, 0.15) is 18.4 Å². The lowest BCUT2D eigenvalue weighted by atomic mass is 9.94. The van der Waals surface area contributed by atoms with Gasteiger partial charge in [0.2, 0.25) is 5.91 Å². The smallest absolute Gasteiger partial charge is 0.230 e.